The molecule has 1 aromatic carbocycles. The van der Waals surface area contributed by atoms with Crippen LogP contribution in [0.3, 0.4) is 0 Å². The van der Waals surface area contributed by atoms with Gasteiger partial charge in [-0.15, -0.1) is 0 Å². The second-order valence-electron chi connectivity index (χ2n) is 3.09. The topological polar surface area (TPSA) is 84.2 Å². The summed E-state index contributed by atoms with van der Waals surface area (Å²) in [4.78, 5) is 0. The lowest BCUT2D eigenvalue weighted by atomic mass is 10.1. The summed E-state index contributed by atoms with van der Waals surface area (Å²) in [7, 11) is 1.57. The van der Waals surface area contributed by atoms with Crippen molar-refractivity contribution in [1.82, 2.24) is 10.2 Å². The molecule has 1 heterocycles. The number of hydrogen-bond donors (Lipinski definition) is 3. The van der Waals surface area contributed by atoms with Crippen LogP contribution in [0.2, 0.25) is 0 Å². The number of nitrogens with two attached hydrogens (primary N) is 1. The van der Waals surface area contributed by atoms with Crippen LogP contribution >= 0.6 is 0 Å². The predicted molar refractivity (Wildman–Crippen MR) is 56.7 cm³/mol. The number of aromatic hydroxyl groups is 1. The number of rotatable bonds is 2. The zero-order chi connectivity index (χ0) is 10.8. The van der Waals surface area contributed by atoms with Gasteiger partial charge in [0.25, 0.3) is 0 Å². The van der Waals surface area contributed by atoms with Gasteiger partial charge < -0.3 is 15.6 Å². The van der Waals surface area contributed by atoms with E-state index in [-0.39, 0.29) is 5.75 Å². The van der Waals surface area contributed by atoms with Crippen molar-refractivity contribution in [3.05, 3.63) is 24.3 Å². The van der Waals surface area contributed by atoms with Crippen molar-refractivity contribution in [2.75, 3.05) is 12.8 Å². The Hall–Kier alpha value is -2.17. The largest absolute Gasteiger partial charge is 0.507 e. The van der Waals surface area contributed by atoms with Crippen LogP contribution in [0.15, 0.2) is 24.3 Å². The van der Waals surface area contributed by atoms with E-state index in [0.29, 0.717) is 22.8 Å². The molecule has 0 amide bonds. The lowest BCUT2D eigenvalue weighted by Crippen LogP contribution is -1.85. The summed E-state index contributed by atoms with van der Waals surface area (Å²) in [6.45, 7) is 0. The highest BCUT2D eigenvalue weighted by Gasteiger charge is 2.08. The van der Waals surface area contributed by atoms with Gasteiger partial charge in [-0.25, -0.2) is 0 Å². The highest BCUT2D eigenvalue weighted by atomic mass is 16.5. The fraction of sp³-hybridized carbons (Fsp3) is 0.100. The number of anilines is 1. The fourth-order valence-electron chi connectivity index (χ4n) is 1.33. The molecule has 0 atom stereocenters. The van der Waals surface area contributed by atoms with Crippen LogP contribution in [-0.2, 0) is 0 Å². The SMILES string of the molecule is COc1ccc(O)c(-c2cc(N)n[nH]2)c1. The number of aromatic amines is 1. The monoisotopic (exact) mass is 205 g/mol. The number of nitrogens with zero attached hydrogens (tertiary/aromatic N) is 1. The average Bonchev–Trinajstić information content (AvgIpc) is 2.65. The van der Waals surface area contributed by atoms with Gasteiger partial charge in [-0.1, -0.05) is 0 Å². The predicted octanol–water partition coefficient (Wildman–Crippen LogP) is 1.37. The Balaban J connectivity index is 2.51. The van der Waals surface area contributed by atoms with Gasteiger partial charge in [0.05, 0.1) is 12.8 Å². The summed E-state index contributed by atoms with van der Waals surface area (Å²) in [6.07, 6.45) is 0. The molecule has 0 fully saturated rings. The molecule has 0 aliphatic carbocycles. The highest BCUT2D eigenvalue weighted by molar-refractivity contribution is 5.70. The van der Waals surface area contributed by atoms with Crippen LogP contribution in [0.1, 0.15) is 0 Å². The summed E-state index contributed by atoms with van der Waals surface area (Å²) in [6, 6.07) is 6.60. The zero-order valence-corrected chi connectivity index (χ0v) is 8.19. The number of phenols is 1. The molecule has 4 N–H and O–H groups in total. The Labute approximate surface area is 86.5 Å². The van der Waals surface area contributed by atoms with Gasteiger partial charge in [-0.05, 0) is 18.2 Å². The standard InChI is InChI=1S/C10H11N3O2/c1-15-6-2-3-9(14)7(4-6)8-5-10(11)13-12-8/h2-5,14H,1H3,(H3,11,12,13). The summed E-state index contributed by atoms with van der Waals surface area (Å²) in [5.74, 6) is 1.20. The minimum atomic E-state index is 0.152. The molecule has 2 rings (SSSR count). The molecule has 0 saturated heterocycles. The van der Waals surface area contributed by atoms with E-state index < -0.39 is 0 Å². The number of phenolic OH excluding ortho intramolecular Hbond substituents is 1. The van der Waals surface area contributed by atoms with Crippen LogP contribution < -0.4 is 10.5 Å². The van der Waals surface area contributed by atoms with Crippen LogP contribution in [0, 0.1) is 0 Å². The van der Waals surface area contributed by atoms with E-state index in [1.165, 1.54) is 0 Å². The number of benzene rings is 1. The van der Waals surface area contributed by atoms with Crippen molar-refractivity contribution in [3.63, 3.8) is 0 Å². The van der Waals surface area contributed by atoms with Crippen molar-refractivity contribution in [1.29, 1.82) is 0 Å². The fourth-order valence-corrected chi connectivity index (χ4v) is 1.33. The van der Waals surface area contributed by atoms with E-state index in [9.17, 15) is 5.11 Å². The maximum absolute atomic E-state index is 9.65. The van der Waals surface area contributed by atoms with E-state index in [2.05, 4.69) is 10.2 Å². The molecular formula is C10H11N3O2. The van der Waals surface area contributed by atoms with Gasteiger partial charge in [0.2, 0.25) is 0 Å². The first-order chi connectivity index (χ1) is 7.20. The number of ether oxygens (including phenoxy) is 1. The number of aromatic nitrogens is 2. The number of methoxy groups -OCH3 is 1. The Bertz CT molecular complexity index is 479. The van der Waals surface area contributed by atoms with E-state index in [1.54, 1.807) is 31.4 Å². The number of nitrogens with one attached hydrogen (secondary N) is 1. The van der Waals surface area contributed by atoms with Crippen molar-refractivity contribution >= 4 is 5.82 Å². The summed E-state index contributed by atoms with van der Waals surface area (Å²) in [5, 5.41) is 16.2. The molecule has 1 aromatic heterocycles. The van der Waals surface area contributed by atoms with Crippen LogP contribution in [0.4, 0.5) is 5.82 Å². The smallest absolute Gasteiger partial charge is 0.145 e. The molecule has 0 saturated carbocycles. The number of nitrogen functional groups attached to an aromatic ring is 1. The minimum absolute atomic E-state index is 0.152. The Morgan fingerprint density at radius 1 is 1.40 bits per heavy atom. The van der Waals surface area contributed by atoms with Crippen molar-refractivity contribution in [2.24, 2.45) is 0 Å². The average molecular weight is 205 g/mol. The summed E-state index contributed by atoms with van der Waals surface area (Å²) < 4.78 is 5.06. The minimum Gasteiger partial charge on any atom is -0.507 e. The second kappa shape index (κ2) is 3.53. The zero-order valence-electron chi connectivity index (χ0n) is 8.19. The number of hydrogen-bond acceptors (Lipinski definition) is 4. The molecule has 0 aliphatic rings. The van der Waals surface area contributed by atoms with E-state index in [1.807, 2.05) is 0 Å². The lowest BCUT2D eigenvalue weighted by molar-refractivity contribution is 0.412. The maximum atomic E-state index is 9.65. The van der Waals surface area contributed by atoms with E-state index in [4.69, 9.17) is 10.5 Å². The molecule has 2 aromatic rings. The molecule has 15 heavy (non-hydrogen) atoms. The lowest BCUT2D eigenvalue weighted by Gasteiger charge is -2.04. The van der Waals surface area contributed by atoms with E-state index >= 15 is 0 Å². The third-order valence-corrected chi connectivity index (χ3v) is 2.09. The second-order valence-corrected chi connectivity index (χ2v) is 3.09. The summed E-state index contributed by atoms with van der Waals surface area (Å²) in [5.41, 5.74) is 6.75. The quantitative estimate of drug-likeness (QED) is 0.691. The van der Waals surface area contributed by atoms with Gasteiger partial charge in [0.1, 0.15) is 17.3 Å². The van der Waals surface area contributed by atoms with Crippen LogP contribution in [0.5, 0.6) is 11.5 Å². The molecule has 0 bridgehead atoms. The van der Waals surface area contributed by atoms with Crippen molar-refractivity contribution in [3.8, 4) is 22.8 Å². The molecule has 78 valence electrons. The first-order valence-corrected chi connectivity index (χ1v) is 4.39. The van der Waals surface area contributed by atoms with Crippen LogP contribution in [0.25, 0.3) is 11.3 Å². The Kier molecular flexibility index (Phi) is 2.21. The molecule has 5 heteroatoms. The molecule has 5 nitrogen and oxygen atoms in total. The molecular weight excluding hydrogens is 194 g/mol. The number of H-pyrrole nitrogens is 1. The van der Waals surface area contributed by atoms with Crippen molar-refractivity contribution < 1.29 is 9.84 Å². The Morgan fingerprint density at radius 3 is 2.80 bits per heavy atom. The van der Waals surface area contributed by atoms with Crippen molar-refractivity contribution in [2.45, 2.75) is 0 Å². The van der Waals surface area contributed by atoms with Gasteiger partial charge >= 0.3 is 0 Å². The molecule has 0 aliphatic heterocycles. The third-order valence-electron chi connectivity index (χ3n) is 2.09. The molecule has 0 unspecified atom stereocenters. The Morgan fingerprint density at radius 2 is 2.20 bits per heavy atom. The van der Waals surface area contributed by atoms with Gasteiger partial charge in [-0.2, -0.15) is 5.10 Å². The third kappa shape index (κ3) is 1.71. The van der Waals surface area contributed by atoms with E-state index in [0.717, 1.165) is 0 Å². The van der Waals surface area contributed by atoms with Gasteiger partial charge in [-0.3, -0.25) is 5.10 Å². The first kappa shape index (κ1) is 9.39. The normalized spacial score (nSPS) is 10.2. The molecule has 0 spiro atoms. The van der Waals surface area contributed by atoms with Crippen LogP contribution in [-0.4, -0.2) is 22.4 Å². The highest BCUT2D eigenvalue weighted by Crippen LogP contribution is 2.31. The van der Waals surface area contributed by atoms with Gasteiger partial charge in [0, 0.05) is 11.6 Å². The first-order valence-electron chi connectivity index (χ1n) is 4.39. The van der Waals surface area contributed by atoms with Gasteiger partial charge in [0.15, 0.2) is 0 Å². The maximum Gasteiger partial charge on any atom is 0.145 e. The summed E-state index contributed by atoms with van der Waals surface area (Å²) >= 11 is 0. The molecule has 0 radical (unpaired) electrons.